The molecule has 0 aliphatic heterocycles. The van der Waals surface area contributed by atoms with Gasteiger partial charge in [-0.2, -0.15) is 5.26 Å². The summed E-state index contributed by atoms with van der Waals surface area (Å²) in [5.41, 5.74) is 2.45. The highest BCUT2D eigenvalue weighted by molar-refractivity contribution is 6.02. The molecule has 0 aliphatic carbocycles. The Morgan fingerprint density at radius 2 is 2.14 bits per heavy atom. The smallest absolute Gasteiger partial charge is 0.412 e. The lowest BCUT2D eigenvalue weighted by atomic mass is 10.0. The maximum Gasteiger partial charge on any atom is 0.412 e. The Morgan fingerprint density at radius 1 is 1.43 bits per heavy atom. The number of fused-ring (bicyclic) bond motifs is 1. The van der Waals surface area contributed by atoms with Gasteiger partial charge in [0.1, 0.15) is 11.7 Å². The summed E-state index contributed by atoms with van der Waals surface area (Å²) in [7, 11) is 0. The first-order valence-corrected chi connectivity index (χ1v) is 6.88. The van der Waals surface area contributed by atoms with E-state index in [0.29, 0.717) is 11.3 Å². The number of benzene rings is 1. The fraction of sp³-hybridized carbons (Fsp3) is 0.375. The number of anilines is 1. The Hall–Kier alpha value is -2.48. The molecule has 110 valence electrons. The fourth-order valence-corrected chi connectivity index (χ4v) is 2.22. The summed E-state index contributed by atoms with van der Waals surface area (Å²) >= 11 is 0. The van der Waals surface area contributed by atoms with E-state index < -0.39 is 11.7 Å². The van der Waals surface area contributed by atoms with Crippen molar-refractivity contribution in [2.45, 2.75) is 39.7 Å². The third kappa shape index (κ3) is 3.16. The first-order chi connectivity index (χ1) is 9.85. The van der Waals surface area contributed by atoms with Crippen molar-refractivity contribution in [3.05, 3.63) is 29.5 Å². The fourth-order valence-electron chi connectivity index (χ4n) is 2.22. The average Bonchev–Trinajstić information content (AvgIpc) is 2.81. The lowest BCUT2D eigenvalue weighted by molar-refractivity contribution is 0.0636. The van der Waals surface area contributed by atoms with Crippen LogP contribution in [0.25, 0.3) is 10.9 Å². The summed E-state index contributed by atoms with van der Waals surface area (Å²) in [5, 5.41) is 12.8. The monoisotopic (exact) mass is 285 g/mol. The van der Waals surface area contributed by atoms with Gasteiger partial charge in [-0.05, 0) is 38.8 Å². The zero-order valence-corrected chi connectivity index (χ0v) is 12.7. The molecule has 2 rings (SSSR count). The molecule has 1 aromatic carbocycles. The molecule has 0 fully saturated rings. The summed E-state index contributed by atoms with van der Waals surface area (Å²) in [5.74, 6) is 0. The molecule has 5 nitrogen and oxygen atoms in total. The van der Waals surface area contributed by atoms with E-state index in [0.717, 1.165) is 22.9 Å². The zero-order valence-electron chi connectivity index (χ0n) is 12.7. The highest BCUT2D eigenvalue weighted by atomic mass is 16.6. The molecule has 5 heteroatoms. The summed E-state index contributed by atoms with van der Waals surface area (Å²) in [6.45, 7) is 7.46. The van der Waals surface area contributed by atoms with Gasteiger partial charge < -0.3 is 9.72 Å². The number of nitriles is 1. The second kappa shape index (κ2) is 5.49. The molecule has 1 heterocycles. The van der Waals surface area contributed by atoms with Crippen molar-refractivity contribution in [2.24, 2.45) is 0 Å². The van der Waals surface area contributed by atoms with Crippen molar-refractivity contribution >= 4 is 22.7 Å². The molecule has 0 saturated carbocycles. The summed E-state index contributed by atoms with van der Waals surface area (Å²) in [4.78, 5) is 14.9. The predicted molar refractivity (Wildman–Crippen MR) is 82.2 cm³/mol. The van der Waals surface area contributed by atoms with E-state index in [1.165, 1.54) is 0 Å². The van der Waals surface area contributed by atoms with Crippen LogP contribution in [0.15, 0.2) is 18.3 Å². The Morgan fingerprint density at radius 3 is 2.71 bits per heavy atom. The Labute approximate surface area is 123 Å². The van der Waals surface area contributed by atoms with Gasteiger partial charge >= 0.3 is 6.09 Å². The van der Waals surface area contributed by atoms with Gasteiger partial charge in [-0.1, -0.05) is 13.0 Å². The predicted octanol–water partition coefficient (Wildman–Crippen LogP) is 3.95. The van der Waals surface area contributed by atoms with Gasteiger partial charge in [0.15, 0.2) is 0 Å². The van der Waals surface area contributed by atoms with Crippen molar-refractivity contribution in [1.82, 2.24) is 4.98 Å². The van der Waals surface area contributed by atoms with Crippen LogP contribution in [0.3, 0.4) is 0 Å². The Kier molecular flexibility index (Phi) is 3.90. The average molecular weight is 285 g/mol. The van der Waals surface area contributed by atoms with Crippen molar-refractivity contribution in [3.8, 4) is 6.07 Å². The molecule has 1 amide bonds. The van der Waals surface area contributed by atoms with Crippen LogP contribution in [0.2, 0.25) is 0 Å². The summed E-state index contributed by atoms with van der Waals surface area (Å²) in [6.07, 6.45) is 1.96. The van der Waals surface area contributed by atoms with Gasteiger partial charge in [-0.15, -0.1) is 0 Å². The Balaban J connectivity index is 2.41. The van der Waals surface area contributed by atoms with E-state index in [-0.39, 0.29) is 0 Å². The Bertz CT molecular complexity index is 717. The number of hydrogen-bond acceptors (Lipinski definition) is 3. The van der Waals surface area contributed by atoms with Gasteiger partial charge in [-0.25, -0.2) is 4.79 Å². The van der Waals surface area contributed by atoms with Crippen molar-refractivity contribution in [1.29, 1.82) is 5.26 Å². The van der Waals surface area contributed by atoms with E-state index in [2.05, 4.69) is 16.4 Å². The van der Waals surface area contributed by atoms with Crippen molar-refractivity contribution in [3.63, 3.8) is 0 Å². The number of carbonyl (C=O) groups is 1. The molecular formula is C16H19N3O2. The third-order valence-corrected chi connectivity index (χ3v) is 3.06. The summed E-state index contributed by atoms with van der Waals surface area (Å²) in [6, 6.07) is 5.91. The van der Waals surface area contributed by atoms with Crippen molar-refractivity contribution < 1.29 is 9.53 Å². The van der Waals surface area contributed by atoms with Gasteiger partial charge in [0.05, 0.1) is 16.8 Å². The van der Waals surface area contributed by atoms with Crippen LogP contribution in [0.1, 0.15) is 38.8 Å². The molecule has 2 aromatic rings. The molecule has 0 saturated heterocycles. The number of H-pyrrole nitrogens is 1. The lowest BCUT2D eigenvalue weighted by Gasteiger charge is -2.20. The first-order valence-electron chi connectivity index (χ1n) is 6.88. The molecule has 21 heavy (non-hydrogen) atoms. The molecule has 0 spiro atoms. The van der Waals surface area contributed by atoms with E-state index in [1.54, 1.807) is 6.20 Å². The van der Waals surface area contributed by atoms with Crippen LogP contribution in [0, 0.1) is 11.3 Å². The molecule has 2 N–H and O–H groups in total. The van der Waals surface area contributed by atoms with E-state index >= 15 is 0 Å². The molecule has 0 atom stereocenters. The number of amides is 1. The molecule has 0 unspecified atom stereocenters. The number of aromatic nitrogens is 1. The van der Waals surface area contributed by atoms with Crippen molar-refractivity contribution in [2.75, 3.05) is 5.32 Å². The number of aryl methyl sites for hydroxylation is 1. The van der Waals surface area contributed by atoms with E-state index in [1.807, 2.05) is 39.8 Å². The standard InChI is InChI=1S/C16H19N3O2/c1-5-10-6-7-12(19-15(20)21-16(2,3)4)14-13(10)11(8-17)9-18-14/h6-7,9,18H,5H2,1-4H3,(H,19,20). The number of aromatic amines is 1. The molecule has 0 radical (unpaired) electrons. The second-order valence-electron chi connectivity index (χ2n) is 5.82. The maximum absolute atomic E-state index is 11.9. The van der Waals surface area contributed by atoms with Gasteiger partial charge in [0.2, 0.25) is 0 Å². The normalized spacial score (nSPS) is 11.2. The molecule has 0 aliphatic rings. The van der Waals surface area contributed by atoms with Crippen LogP contribution in [-0.4, -0.2) is 16.7 Å². The minimum absolute atomic E-state index is 0.513. The molecular weight excluding hydrogens is 266 g/mol. The number of nitrogens with zero attached hydrogens (tertiary/aromatic N) is 1. The minimum Gasteiger partial charge on any atom is -0.444 e. The number of carbonyl (C=O) groups excluding carboxylic acids is 1. The first kappa shape index (κ1) is 14.9. The number of ether oxygens (including phenoxy) is 1. The van der Waals surface area contributed by atoms with Gasteiger partial charge in [0, 0.05) is 11.6 Å². The number of nitrogens with one attached hydrogen (secondary N) is 2. The zero-order chi connectivity index (χ0) is 15.6. The second-order valence-corrected chi connectivity index (χ2v) is 5.82. The summed E-state index contributed by atoms with van der Waals surface area (Å²) < 4.78 is 5.25. The van der Waals surface area contributed by atoms with E-state index in [4.69, 9.17) is 4.74 Å². The third-order valence-electron chi connectivity index (χ3n) is 3.06. The van der Waals surface area contributed by atoms with Crippen LogP contribution in [-0.2, 0) is 11.2 Å². The van der Waals surface area contributed by atoms with Gasteiger partial charge in [0.25, 0.3) is 0 Å². The highest BCUT2D eigenvalue weighted by Crippen LogP contribution is 2.29. The van der Waals surface area contributed by atoms with E-state index in [9.17, 15) is 10.1 Å². The molecule has 0 bridgehead atoms. The number of rotatable bonds is 2. The van der Waals surface area contributed by atoms with Gasteiger partial charge in [-0.3, -0.25) is 5.32 Å². The largest absolute Gasteiger partial charge is 0.444 e. The van der Waals surface area contributed by atoms with Crippen LogP contribution >= 0.6 is 0 Å². The highest BCUT2D eigenvalue weighted by Gasteiger charge is 2.18. The van der Waals surface area contributed by atoms with Crippen LogP contribution < -0.4 is 5.32 Å². The lowest BCUT2D eigenvalue weighted by Crippen LogP contribution is -2.27. The quantitative estimate of drug-likeness (QED) is 0.877. The number of hydrogen-bond donors (Lipinski definition) is 2. The topological polar surface area (TPSA) is 77.9 Å². The maximum atomic E-state index is 11.9. The molecule has 1 aromatic heterocycles. The minimum atomic E-state index is -0.555. The SMILES string of the molecule is CCc1ccc(NC(=O)OC(C)(C)C)c2[nH]cc(C#N)c12. The van der Waals surface area contributed by atoms with Crippen LogP contribution in [0.4, 0.5) is 10.5 Å². The van der Waals surface area contributed by atoms with Crippen LogP contribution in [0.5, 0.6) is 0 Å².